The van der Waals surface area contributed by atoms with Crippen molar-refractivity contribution in [3.05, 3.63) is 60.6 Å². The number of hydrogen-bond acceptors (Lipinski definition) is 3. The molecule has 1 N–H and O–H groups in total. The largest absolute Gasteiger partial charge is 0.444 e. The number of imidazole rings is 1. The summed E-state index contributed by atoms with van der Waals surface area (Å²) in [5.41, 5.74) is 2.71. The third kappa shape index (κ3) is 4.42. The van der Waals surface area contributed by atoms with E-state index in [4.69, 9.17) is 9.72 Å². The highest BCUT2D eigenvalue weighted by Gasteiger charge is 2.16. The summed E-state index contributed by atoms with van der Waals surface area (Å²) in [5.74, 6) is 0.991. The van der Waals surface area contributed by atoms with Crippen LogP contribution < -0.4 is 5.32 Å². The van der Waals surface area contributed by atoms with Crippen molar-refractivity contribution in [3.8, 4) is 11.3 Å². The van der Waals surface area contributed by atoms with Crippen molar-refractivity contribution in [1.82, 2.24) is 14.7 Å². The van der Waals surface area contributed by atoms with E-state index in [1.807, 2.05) is 57.3 Å². The molecule has 0 unspecified atom stereocenters. The van der Waals surface area contributed by atoms with Crippen molar-refractivity contribution in [1.29, 1.82) is 0 Å². The summed E-state index contributed by atoms with van der Waals surface area (Å²) in [6.45, 7) is 6.12. The standard InChI is InChI=1S/C21H25N3O2/c1-21(2,3)26-20(25)22-14-9-13-18-23-19(16-10-5-4-6-11-16)17-12-7-8-15-24(17)18/h4-8,10-12,15H,9,13-14H2,1-3H3,(H,22,25). The van der Waals surface area contributed by atoms with Gasteiger partial charge in [-0.1, -0.05) is 36.4 Å². The molecule has 5 nitrogen and oxygen atoms in total. The van der Waals surface area contributed by atoms with Gasteiger partial charge in [-0.25, -0.2) is 9.78 Å². The number of alkyl carbamates (subject to hydrolysis) is 1. The first-order valence-corrected chi connectivity index (χ1v) is 8.92. The Morgan fingerprint density at radius 3 is 2.58 bits per heavy atom. The van der Waals surface area contributed by atoms with Crippen LogP contribution in [0.15, 0.2) is 54.7 Å². The average molecular weight is 351 g/mol. The number of fused-ring (bicyclic) bond motifs is 1. The Balaban J connectivity index is 1.68. The maximum Gasteiger partial charge on any atom is 0.407 e. The Morgan fingerprint density at radius 2 is 1.85 bits per heavy atom. The molecule has 3 aromatic rings. The third-order valence-corrected chi connectivity index (χ3v) is 3.91. The number of benzene rings is 1. The van der Waals surface area contributed by atoms with Gasteiger partial charge in [0.25, 0.3) is 0 Å². The van der Waals surface area contributed by atoms with Gasteiger partial charge in [-0.15, -0.1) is 0 Å². The van der Waals surface area contributed by atoms with Crippen LogP contribution in [0.4, 0.5) is 4.79 Å². The van der Waals surface area contributed by atoms with Crippen LogP contribution in [-0.2, 0) is 11.2 Å². The highest BCUT2D eigenvalue weighted by Crippen LogP contribution is 2.25. The molecule has 0 atom stereocenters. The molecule has 0 radical (unpaired) electrons. The lowest BCUT2D eigenvalue weighted by Crippen LogP contribution is -2.33. The first-order chi connectivity index (χ1) is 12.4. The Labute approximate surface area is 154 Å². The Morgan fingerprint density at radius 1 is 1.12 bits per heavy atom. The number of carbonyl (C=O) groups is 1. The number of amides is 1. The van der Waals surface area contributed by atoms with Gasteiger partial charge in [0, 0.05) is 24.7 Å². The van der Waals surface area contributed by atoms with Gasteiger partial charge < -0.3 is 14.5 Å². The van der Waals surface area contributed by atoms with Crippen molar-refractivity contribution in [2.45, 2.75) is 39.2 Å². The number of pyridine rings is 1. The number of ether oxygens (including phenoxy) is 1. The molecule has 0 spiro atoms. The lowest BCUT2D eigenvalue weighted by molar-refractivity contribution is 0.0527. The first kappa shape index (κ1) is 18.0. The molecule has 3 rings (SSSR count). The van der Waals surface area contributed by atoms with E-state index in [1.165, 1.54) is 0 Å². The van der Waals surface area contributed by atoms with Gasteiger partial charge in [-0.2, -0.15) is 0 Å². The van der Waals surface area contributed by atoms with Crippen LogP contribution in [0, 0.1) is 0 Å². The van der Waals surface area contributed by atoms with E-state index in [0.29, 0.717) is 6.54 Å². The van der Waals surface area contributed by atoms with Crippen LogP contribution in [0.5, 0.6) is 0 Å². The SMILES string of the molecule is CC(C)(C)OC(=O)NCCCc1nc(-c2ccccc2)c2ccccn12. The molecular weight excluding hydrogens is 326 g/mol. The molecule has 2 aromatic heterocycles. The summed E-state index contributed by atoms with van der Waals surface area (Å²) in [4.78, 5) is 16.6. The smallest absolute Gasteiger partial charge is 0.407 e. The van der Waals surface area contributed by atoms with Crippen LogP contribution in [0.1, 0.15) is 33.0 Å². The predicted octanol–water partition coefficient (Wildman–Crippen LogP) is 4.46. The second-order valence-corrected chi connectivity index (χ2v) is 7.23. The number of carbonyl (C=O) groups excluding carboxylic acids is 1. The topological polar surface area (TPSA) is 55.6 Å². The molecule has 0 aliphatic heterocycles. The number of nitrogens with zero attached hydrogens (tertiary/aromatic N) is 2. The number of hydrogen-bond donors (Lipinski definition) is 1. The van der Waals surface area contributed by atoms with Crippen LogP contribution >= 0.6 is 0 Å². The maximum absolute atomic E-state index is 11.7. The van der Waals surface area contributed by atoms with Gasteiger partial charge in [0.05, 0.1) is 11.2 Å². The molecule has 1 amide bonds. The van der Waals surface area contributed by atoms with E-state index in [0.717, 1.165) is 35.4 Å². The second kappa shape index (κ2) is 7.60. The number of rotatable bonds is 5. The van der Waals surface area contributed by atoms with E-state index in [2.05, 4.69) is 27.9 Å². The fraction of sp³-hybridized carbons (Fsp3) is 0.333. The van der Waals surface area contributed by atoms with E-state index in [9.17, 15) is 4.79 Å². The minimum Gasteiger partial charge on any atom is -0.444 e. The summed E-state index contributed by atoms with van der Waals surface area (Å²) < 4.78 is 7.37. The van der Waals surface area contributed by atoms with Crippen molar-refractivity contribution in [3.63, 3.8) is 0 Å². The molecule has 1 aromatic carbocycles. The molecule has 0 fully saturated rings. The predicted molar refractivity (Wildman–Crippen MR) is 103 cm³/mol. The molecule has 0 aliphatic carbocycles. The quantitative estimate of drug-likeness (QED) is 0.691. The lowest BCUT2D eigenvalue weighted by Gasteiger charge is -2.19. The summed E-state index contributed by atoms with van der Waals surface area (Å²) in [6.07, 6.45) is 3.22. The fourth-order valence-corrected chi connectivity index (χ4v) is 2.84. The molecule has 0 saturated heterocycles. The van der Waals surface area contributed by atoms with Gasteiger partial charge in [0.2, 0.25) is 0 Å². The number of aromatic nitrogens is 2. The summed E-state index contributed by atoms with van der Waals surface area (Å²) in [5, 5.41) is 2.80. The molecule has 0 bridgehead atoms. The van der Waals surface area contributed by atoms with Crippen molar-refractivity contribution >= 4 is 11.6 Å². The zero-order valence-corrected chi connectivity index (χ0v) is 15.5. The highest BCUT2D eigenvalue weighted by molar-refractivity contribution is 5.77. The van der Waals surface area contributed by atoms with Crippen LogP contribution in [-0.4, -0.2) is 27.6 Å². The van der Waals surface area contributed by atoms with Crippen LogP contribution in [0.2, 0.25) is 0 Å². The summed E-state index contributed by atoms with van der Waals surface area (Å²) >= 11 is 0. The summed E-state index contributed by atoms with van der Waals surface area (Å²) in [6, 6.07) is 16.3. The average Bonchev–Trinajstić information content (AvgIpc) is 2.97. The van der Waals surface area contributed by atoms with E-state index in [1.54, 1.807) is 0 Å². The Hall–Kier alpha value is -2.82. The highest BCUT2D eigenvalue weighted by atomic mass is 16.6. The zero-order valence-electron chi connectivity index (χ0n) is 15.5. The van der Waals surface area contributed by atoms with Gasteiger partial charge >= 0.3 is 6.09 Å². The van der Waals surface area contributed by atoms with Gasteiger partial charge in [-0.3, -0.25) is 0 Å². The van der Waals surface area contributed by atoms with Crippen molar-refractivity contribution in [2.24, 2.45) is 0 Å². The van der Waals surface area contributed by atoms with Crippen molar-refractivity contribution < 1.29 is 9.53 Å². The number of nitrogens with one attached hydrogen (secondary N) is 1. The Bertz CT molecular complexity index is 879. The molecule has 0 aliphatic rings. The molecule has 26 heavy (non-hydrogen) atoms. The van der Waals surface area contributed by atoms with Gasteiger partial charge in [0.1, 0.15) is 11.4 Å². The van der Waals surface area contributed by atoms with E-state index < -0.39 is 5.60 Å². The maximum atomic E-state index is 11.7. The minimum atomic E-state index is -0.478. The summed E-state index contributed by atoms with van der Waals surface area (Å²) in [7, 11) is 0. The first-order valence-electron chi connectivity index (χ1n) is 8.92. The van der Waals surface area contributed by atoms with Crippen LogP contribution in [0.25, 0.3) is 16.8 Å². The molecule has 5 heteroatoms. The molecule has 0 saturated carbocycles. The minimum absolute atomic E-state index is 0.379. The monoisotopic (exact) mass is 351 g/mol. The van der Waals surface area contributed by atoms with E-state index in [-0.39, 0.29) is 6.09 Å². The molecule has 136 valence electrons. The fourth-order valence-electron chi connectivity index (χ4n) is 2.84. The molecule has 2 heterocycles. The second-order valence-electron chi connectivity index (χ2n) is 7.23. The van der Waals surface area contributed by atoms with E-state index >= 15 is 0 Å². The van der Waals surface area contributed by atoms with Crippen LogP contribution in [0.3, 0.4) is 0 Å². The molecular formula is C21H25N3O2. The normalized spacial score (nSPS) is 11.5. The van der Waals surface area contributed by atoms with Gasteiger partial charge in [-0.05, 0) is 39.3 Å². The lowest BCUT2D eigenvalue weighted by atomic mass is 10.1. The van der Waals surface area contributed by atoms with Crippen molar-refractivity contribution in [2.75, 3.05) is 6.54 Å². The van der Waals surface area contributed by atoms with Gasteiger partial charge in [0.15, 0.2) is 0 Å². The Kier molecular flexibility index (Phi) is 5.26. The third-order valence-electron chi connectivity index (χ3n) is 3.91. The zero-order chi connectivity index (χ0) is 18.6. The number of aryl methyl sites for hydroxylation is 1.